The van der Waals surface area contributed by atoms with Gasteiger partial charge in [0, 0.05) is 12.6 Å². The molecule has 2 aromatic rings. The van der Waals surface area contributed by atoms with Crippen LogP contribution in [0.25, 0.3) is 11.2 Å². The third-order valence-electron chi connectivity index (χ3n) is 2.97. The van der Waals surface area contributed by atoms with Crippen LogP contribution in [0.5, 0.6) is 0 Å². The Morgan fingerprint density at radius 2 is 1.59 bits per heavy atom. The van der Waals surface area contributed by atoms with E-state index in [9.17, 15) is 4.79 Å². The normalized spacial score (nSPS) is 12.4. The summed E-state index contributed by atoms with van der Waals surface area (Å²) in [5, 5.41) is 0. The van der Waals surface area contributed by atoms with Crippen LogP contribution in [0.1, 0.15) is 32.4 Å². The quantitative estimate of drug-likeness (QED) is 0.694. The molecule has 0 aliphatic carbocycles. The van der Waals surface area contributed by atoms with Crippen LogP contribution < -0.4 is 5.56 Å². The van der Waals surface area contributed by atoms with Gasteiger partial charge in [-0.05, 0) is 34.6 Å². The minimum Gasteiger partial charge on any atom is -0.325 e. The Labute approximate surface area is 100 Å². The Hall–Kier alpha value is -1.65. The van der Waals surface area contributed by atoms with E-state index in [1.807, 2.05) is 41.7 Å². The number of fused-ring (bicyclic) bond motifs is 1. The minimum atomic E-state index is -0.277. The van der Waals surface area contributed by atoms with Crippen molar-refractivity contribution < 1.29 is 0 Å². The summed E-state index contributed by atoms with van der Waals surface area (Å²) in [5.41, 5.74) is 0.805. The molecule has 92 valence electrons. The number of aryl methyl sites for hydroxylation is 3. The lowest BCUT2D eigenvalue weighted by Crippen LogP contribution is -2.36. The zero-order valence-corrected chi connectivity index (χ0v) is 11.2. The lowest BCUT2D eigenvalue weighted by Gasteiger charge is -2.24. The maximum absolute atomic E-state index is 12.5. The van der Waals surface area contributed by atoms with Gasteiger partial charge in [0.1, 0.15) is 11.6 Å². The molecule has 0 N–H and O–H groups in total. The fourth-order valence-corrected chi connectivity index (χ4v) is 2.16. The SMILES string of the molecule is Cc1nc2nc(C)n(C)c2c(=O)n1C(C)(C)C. The van der Waals surface area contributed by atoms with Crippen molar-refractivity contribution in [1.29, 1.82) is 0 Å². The molecule has 2 aromatic heterocycles. The van der Waals surface area contributed by atoms with E-state index in [-0.39, 0.29) is 11.1 Å². The number of aromatic nitrogens is 4. The van der Waals surface area contributed by atoms with Gasteiger partial charge in [-0.1, -0.05) is 0 Å². The Morgan fingerprint density at radius 1 is 1.06 bits per heavy atom. The van der Waals surface area contributed by atoms with E-state index in [0.717, 1.165) is 5.82 Å². The van der Waals surface area contributed by atoms with Crippen molar-refractivity contribution in [3.8, 4) is 0 Å². The third-order valence-corrected chi connectivity index (χ3v) is 2.97. The fraction of sp³-hybridized carbons (Fsp3) is 0.583. The third kappa shape index (κ3) is 1.66. The maximum atomic E-state index is 12.5. The topological polar surface area (TPSA) is 52.7 Å². The molecule has 0 aromatic carbocycles. The Kier molecular flexibility index (Phi) is 2.38. The van der Waals surface area contributed by atoms with Gasteiger partial charge in [0.15, 0.2) is 11.2 Å². The van der Waals surface area contributed by atoms with Crippen LogP contribution in [-0.2, 0) is 12.6 Å². The summed E-state index contributed by atoms with van der Waals surface area (Å²) in [6, 6.07) is 0. The number of rotatable bonds is 0. The Bertz CT molecular complexity index is 643. The molecule has 0 saturated carbocycles. The second-order valence-electron chi connectivity index (χ2n) is 5.36. The van der Waals surface area contributed by atoms with E-state index in [4.69, 9.17) is 0 Å². The first-order chi connectivity index (χ1) is 7.73. The zero-order valence-electron chi connectivity index (χ0n) is 11.2. The molecule has 0 saturated heterocycles. The van der Waals surface area contributed by atoms with Crippen molar-refractivity contribution in [2.24, 2.45) is 7.05 Å². The molecule has 0 unspecified atom stereocenters. The second-order valence-corrected chi connectivity index (χ2v) is 5.36. The van der Waals surface area contributed by atoms with Crippen molar-refractivity contribution >= 4 is 11.2 Å². The Morgan fingerprint density at radius 3 is 2.12 bits per heavy atom. The molecule has 0 radical (unpaired) electrons. The molecular weight excluding hydrogens is 216 g/mol. The van der Waals surface area contributed by atoms with E-state index in [0.29, 0.717) is 17.0 Å². The highest BCUT2D eigenvalue weighted by Crippen LogP contribution is 2.16. The summed E-state index contributed by atoms with van der Waals surface area (Å²) < 4.78 is 3.52. The molecule has 2 rings (SSSR count). The molecule has 0 amide bonds. The van der Waals surface area contributed by atoms with Crippen molar-refractivity contribution in [1.82, 2.24) is 19.1 Å². The second kappa shape index (κ2) is 3.42. The molecule has 5 nitrogen and oxygen atoms in total. The van der Waals surface area contributed by atoms with E-state index in [1.165, 1.54) is 0 Å². The maximum Gasteiger partial charge on any atom is 0.280 e. The van der Waals surface area contributed by atoms with E-state index in [2.05, 4.69) is 9.97 Å². The average Bonchev–Trinajstić information content (AvgIpc) is 2.39. The molecule has 5 heteroatoms. The first-order valence-corrected chi connectivity index (χ1v) is 5.66. The minimum absolute atomic E-state index is 0.0249. The molecule has 0 aliphatic heterocycles. The van der Waals surface area contributed by atoms with Gasteiger partial charge in [0.25, 0.3) is 5.56 Å². The van der Waals surface area contributed by atoms with Gasteiger partial charge in [0.2, 0.25) is 0 Å². The number of nitrogens with zero attached hydrogens (tertiary/aromatic N) is 4. The van der Waals surface area contributed by atoms with Crippen LogP contribution in [0, 0.1) is 13.8 Å². The molecule has 0 bridgehead atoms. The highest BCUT2D eigenvalue weighted by atomic mass is 16.1. The van der Waals surface area contributed by atoms with E-state index < -0.39 is 0 Å². The van der Waals surface area contributed by atoms with E-state index in [1.54, 1.807) is 9.13 Å². The Balaban J connectivity index is 2.99. The van der Waals surface area contributed by atoms with Crippen molar-refractivity contribution in [2.45, 2.75) is 40.2 Å². The van der Waals surface area contributed by atoms with Crippen LogP contribution in [0.2, 0.25) is 0 Å². The summed E-state index contributed by atoms with van der Waals surface area (Å²) in [5.74, 6) is 1.50. The summed E-state index contributed by atoms with van der Waals surface area (Å²) in [4.78, 5) is 21.2. The highest BCUT2D eigenvalue weighted by molar-refractivity contribution is 5.70. The van der Waals surface area contributed by atoms with Crippen LogP contribution in [0.3, 0.4) is 0 Å². The number of hydrogen-bond acceptors (Lipinski definition) is 3. The highest BCUT2D eigenvalue weighted by Gasteiger charge is 2.21. The molecule has 2 heterocycles. The first kappa shape index (κ1) is 11.8. The lowest BCUT2D eigenvalue weighted by atomic mass is 10.1. The summed E-state index contributed by atoms with van der Waals surface area (Å²) in [6.07, 6.45) is 0. The molecule has 0 spiro atoms. The van der Waals surface area contributed by atoms with Gasteiger partial charge >= 0.3 is 0 Å². The molecule has 17 heavy (non-hydrogen) atoms. The van der Waals surface area contributed by atoms with E-state index >= 15 is 0 Å². The smallest absolute Gasteiger partial charge is 0.280 e. The predicted molar refractivity (Wildman–Crippen MR) is 67.2 cm³/mol. The van der Waals surface area contributed by atoms with Crippen molar-refractivity contribution in [3.05, 3.63) is 22.0 Å². The van der Waals surface area contributed by atoms with Crippen molar-refractivity contribution in [2.75, 3.05) is 0 Å². The molecule has 0 fully saturated rings. The molecule has 0 aliphatic rings. The van der Waals surface area contributed by atoms with Gasteiger partial charge in [-0.2, -0.15) is 0 Å². The molecule has 0 atom stereocenters. The first-order valence-electron chi connectivity index (χ1n) is 5.66. The van der Waals surface area contributed by atoms with Gasteiger partial charge in [-0.3, -0.25) is 9.36 Å². The van der Waals surface area contributed by atoms with Gasteiger partial charge in [-0.15, -0.1) is 0 Å². The predicted octanol–water partition coefficient (Wildman–Crippen LogP) is 1.50. The largest absolute Gasteiger partial charge is 0.325 e. The standard InChI is InChI=1S/C12H18N4O/c1-7-13-10-9(15(7)6)11(17)16(8(2)14-10)12(3,4)5/h1-6H3. The fourth-order valence-electron chi connectivity index (χ4n) is 2.16. The monoisotopic (exact) mass is 234 g/mol. The van der Waals surface area contributed by atoms with Crippen LogP contribution >= 0.6 is 0 Å². The van der Waals surface area contributed by atoms with Crippen molar-refractivity contribution in [3.63, 3.8) is 0 Å². The van der Waals surface area contributed by atoms with Gasteiger partial charge < -0.3 is 4.57 Å². The summed E-state index contributed by atoms with van der Waals surface area (Å²) >= 11 is 0. The zero-order chi connectivity index (χ0) is 13.0. The number of hydrogen-bond donors (Lipinski definition) is 0. The van der Waals surface area contributed by atoms with Crippen LogP contribution in [-0.4, -0.2) is 19.1 Å². The van der Waals surface area contributed by atoms with Gasteiger partial charge in [-0.25, -0.2) is 9.97 Å². The van der Waals surface area contributed by atoms with Crippen LogP contribution in [0.4, 0.5) is 0 Å². The lowest BCUT2D eigenvalue weighted by molar-refractivity contribution is 0.371. The summed E-state index contributed by atoms with van der Waals surface area (Å²) in [6.45, 7) is 9.71. The average molecular weight is 234 g/mol. The molecular formula is C12H18N4O. The summed E-state index contributed by atoms with van der Waals surface area (Å²) in [7, 11) is 1.84. The van der Waals surface area contributed by atoms with Crippen LogP contribution in [0.15, 0.2) is 4.79 Å². The number of imidazole rings is 1. The van der Waals surface area contributed by atoms with Gasteiger partial charge in [0.05, 0.1) is 0 Å².